The summed E-state index contributed by atoms with van der Waals surface area (Å²) in [6.45, 7) is 1.78. The second-order valence-corrected chi connectivity index (χ2v) is 9.79. The van der Waals surface area contributed by atoms with Gasteiger partial charge in [-0.25, -0.2) is 13.2 Å². The van der Waals surface area contributed by atoms with Crippen molar-refractivity contribution >= 4 is 23.2 Å². The molecule has 2 aliphatic rings. The van der Waals surface area contributed by atoms with Crippen molar-refractivity contribution in [1.29, 1.82) is 0 Å². The minimum Gasteiger partial charge on any atom is -0.545 e. The average molecular weight is 521 g/mol. The number of nitrogens with zero attached hydrogens (tertiary/aromatic N) is 1. The number of hydrogen-bond donors (Lipinski definition) is 0. The highest BCUT2D eigenvalue weighted by molar-refractivity contribution is 6.01. The Balaban J connectivity index is 1.60. The monoisotopic (exact) mass is 520 g/mol. The van der Waals surface area contributed by atoms with Crippen LogP contribution in [0.5, 0.6) is 0 Å². The van der Waals surface area contributed by atoms with Gasteiger partial charge in [-0.2, -0.15) is 0 Å². The van der Waals surface area contributed by atoms with E-state index in [9.17, 15) is 23.1 Å². The summed E-state index contributed by atoms with van der Waals surface area (Å²) in [4.78, 5) is 13.6. The molecule has 0 unspecified atom stereocenters. The van der Waals surface area contributed by atoms with Crippen molar-refractivity contribution in [3.05, 3.63) is 111 Å². The van der Waals surface area contributed by atoms with Crippen LogP contribution in [0.4, 0.5) is 17.6 Å². The van der Waals surface area contributed by atoms with Crippen LogP contribution < -0.4 is 5.11 Å². The van der Waals surface area contributed by atoms with Gasteiger partial charge in [0.25, 0.3) is 0 Å². The van der Waals surface area contributed by atoms with Crippen LogP contribution in [-0.4, -0.2) is 37.2 Å². The van der Waals surface area contributed by atoms with E-state index in [1.54, 1.807) is 18.2 Å². The van der Waals surface area contributed by atoms with Crippen LogP contribution in [0.1, 0.15) is 57.4 Å². The molecule has 0 bridgehead atoms. The van der Waals surface area contributed by atoms with Gasteiger partial charge < -0.3 is 9.90 Å². The molecule has 3 aromatic carbocycles. The standard InChI is InChI=1S/C31H27F4NO2/c32-11-2-12-36-17-20(18-36)13-19-5-8-27(28(34)14-19)30-24-9-6-22(31(37)38)15-21(24)3-1-4-26(30)25-10-7-23(33)16-29(25)35/h5-10,13-16H,1-4,11-12,17-18H2,(H,37,38)/p-1. The predicted octanol–water partition coefficient (Wildman–Crippen LogP) is 5.82. The zero-order chi connectivity index (χ0) is 26.8. The van der Waals surface area contributed by atoms with E-state index in [1.165, 1.54) is 30.3 Å². The van der Waals surface area contributed by atoms with Gasteiger partial charge in [0.2, 0.25) is 0 Å². The van der Waals surface area contributed by atoms with Crippen LogP contribution in [0, 0.1) is 17.5 Å². The van der Waals surface area contributed by atoms with Crippen LogP contribution >= 0.6 is 0 Å². The molecule has 1 aliphatic heterocycles. The molecule has 0 radical (unpaired) electrons. The molecule has 1 fully saturated rings. The maximum atomic E-state index is 15.8. The highest BCUT2D eigenvalue weighted by atomic mass is 19.1. The summed E-state index contributed by atoms with van der Waals surface area (Å²) < 4.78 is 56.8. The molecule has 5 rings (SSSR count). The van der Waals surface area contributed by atoms with Gasteiger partial charge in [0, 0.05) is 36.8 Å². The smallest absolute Gasteiger partial charge is 0.133 e. The Morgan fingerprint density at radius 3 is 2.34 bits per heavy atom. The molecule has 3 aromatic rings. The lowest BCUT2D eigenvalue weighted by atomic mass is 9.86. The largest absolute Gasteiger partial charge is 0.545 e. The fourth-order valence-corrected chi connectivity index (χ4v) is 5.35. The third kappa shape index (κ3) is 5.29. The average Bonchev–Trinajstić information content (AvgIpc) is 3.04. The van der Waals surface area contributed by atoms with Gasteiger partial charge >= 0.3 is 0 Å². The highest BCUT2D eigenvalue weighted by Crippen LogP contribution is 2.42. The summed E-state index contributed by atoms with van der Waals surface area (Å²) in [6.07, 6.45) is 3.89. The van der Waals surface area contributed by atoms with Gasteiger partial charge in [-0.3, -0.25) is 9.29 Å². The first-order valence-electron chi connectivity index (χ1n) is 12.6. The Labute approximate surface area is 218 Å². The summed E-state index contributed by atoms with van der Waals surface area (Å²) in [7, 11) is 0. The van der Waals surface area contributed by atoms with E-state index in [2.05, 4.69) is 4.90 Å². The number of benzene rings is 3. The number of rotatable bonds is 7. The third-order valence-corrected chi connectivity index (χ3v) is 7.14. The van der Waals surface area contributed by atoms with E-state index in [0.717, 1.165) is 24.7 Å². The van der Waals surface area contributed by atoms with E-state index in [0.29, 0.717) is 60.1 Å². The lowest BCUT2D eigenvalue weighted by molar-refractivity contribution is -0.255. The number of allylic oxidation sites excluding steroid dienone is 1. The van der Waals surface area contributed by atoms with Crippen molar-refractivity contribution in [2.24, 2.45) is 0 Å². The van der Waals surface area contributed by atoms with Gasteiger partial charge in [0.1, 0.15) is 17.5 Å². The first-order valence-corrected chi connectivity index (χ1v) is 12.6. The van der Waals surface area contributed by atoms with E-state index in [4.69, 9.17) is 0 Å². The fourth-order valence-electron chi connectivity index (χ4n) is 5.35. The number of carbonyl (C=O) groups excluding carboxylic acids is 1. The van der Waals surface area contributed by atoms with Crippen molar-refractivity contribution in [2.75, 3.05) is 26.3 Å². The number of aryl methyl sites for hydroxylation is 1. The van der Waals surface area contributed by atoms with Crippen molar-refractivity contribution in [3.63, 3.8) is 0 Å². The zero-order valence-corrected chi connectivity index (χ0v) is 20.7. The van der Waals surface area contributed by atoms with Crippen LogP contribution in [0.15, 0.2) is 60.2 Å². The molecule has 1 aliphatic carbocycles. The SMILES string of the molecule is O=C([O-])c1ccc2c(c1)CCCC(c1ccc(F)cc1F)=C2c1ccc(C=C2CN(CCCF)C2)cc1F. The first kappa shape index (κ1) is 25.9. The van der Waals surface area contributed by atoms with E-state index in [-0.39, 0.29) is 23.4 Å². The minimum atomic E-state index is -1.31. The lowest BCUT2D eigenvalue weighted by Crippen LogP contribution is -2.40. The van der Waals surface area contributed by atoms with Gasteiger partial charge in [-0.15, -0.1) is 0 Å². The number of alkyl halides is 1. The number of aromatic carboxylic acids is 1. The Morgan fingerprint density at radius 2 is 1.63 bits per heavy atom. The number of hydrogen-bond acceptors (Lipinski definition) is 3. The second kappa shape index (κ2) is 11.0. The van der Waals surface area contributed by atoms with Gasteiger partial charge in [0.15, 0.2) is 0 Å². The van der Waals surface area contributed by atoms with Crippen LogP contribution in [0.25, 0.3) is 17.2 Å². The van der Waals surface area contributed by atoms with Crippen molar-refractivity contribution < 1.29 is 27.5 Å². The van der Waals surface area contributed by atoms with Gasteiger partial charge in [0.05, 0.1) is 12.6 Å². The van der Waals surface area contributed by atoms with Gasteiger partial charge in [-0.05, 0) is 88.9 Å². The van der Waals surface area contributed by atoms with Gasteiger partial charge in [-0.1, -0.05) is 30.3 Å². The van der Waals surface area contributed by atoms with E-state index >= 15 is 4.39 Å². The molecule has 0 amide bonds. The summed E-state index contributed by atoms with van der Waals surface area (Å²) in [6, 6.07) is 12.8. The van der Waals surface area contributed by atoms with Crippen molar-refractivity contribution in [1.82, 2.24) is 4.90 Å². The molecule has 0 spiro atoms. The molecule has 0 saturated carbocycles. The number of carboxylic acid groups (broad SMARTS) is 1. The number of carboxylic acids is 1. The van der Waals surface area contributed by atoms with E-state index in [1.807, 2.05) is 6.08 Å². The Hall–Kier alpha value is -3.71. The molecular formula is C31H26F4NO2-. The normalized spacial score (nSPS) is 15.6. The molecule has 7 heteroatoms. The summed E-state index contributed by atoms with van der Waals surface area (Å²) in [5.41, 5.74) is 4.58. The van der Waals surface area contributed by atoms with Crippen LogP contribution in [0.3, 0.4) is 0 Å². The topological polar surface area (TPSA) is 43.4 Å². The molecule has 38 heavy (non-hydrogen) atoms. The Bertz CT molecular complexity index is 1450. The lowest BCUT2D eigenvalue weighted by Gasteiger charge is -2.33. The molecule has 3 nitrogen and oxygen atoms in total. The Kier molecular flexibility index (Phi) is 7.47. The maximum Gasteiger partial charge on any atom is 0.133 e. The number of carbonyl (C=O) groups is 1. The number of halogens is 4. The summed E-state index contributed by atoms with van der Waals surface area (Å²) in [5, 5.41) is 11.5. The van der Waals surface area contributed by atoms with Crippen molar-refractivity contribution in [3.8, 4) is 0 Å². The fraction of sp³-hybridized carbons (Fsp3) is 0.258. The second-order valence-electron chi connectivity index (χ2n) is 9.79. The minimum absolute atomic E-state index is 0.0167. The molecule has 0 atom stereocenters. The molecule has 0 N–H and O–H groups in total. The van der Waals surface area contributed by atoms with Crippen molar-refractivity contribution in [2.45, 2.75) is 25.7 Å². The molecule has 1 heterocycles. The summed E-state index contributed by atoms with van der Waals surface area (Å²) >= 11 is 0. The third-order valence-electron chi connectivity index (χ3n) is 7.14. The number of fused-ring (bicyclic) bond motifs is 1. The molecule has 0 aromatic heterocycles. The molecule has 196 valence electrons. The van der Waals surface area contributed by atoms with E-state index < -0.39 is 23.4 Å². The summed E-state index contributed by atoms with van der Waals surface area (Å²) in [5.74, 6) is -3.25. The van der Waals surface area contributed by atoms with Crippen LogP contribution in [0.2, 0.25) is 0 Å². The molecule has 1 saturated heterocycles. The zero-order valence-electron chi connectivity index (χ0n) is 20.7. The maximum absolute atomic E-state index is 15.8. The Morgan fingerprint density at radius 1 is 0.895 bits per heavy atom. The van der Waals surface area contributed by atoms with Crippen LogP contribution in [-0.2, 0) is 6.42 Å². The highest BCUT2D eigenvalue weighted by Gasteiger charge is 2.25. The predicted molar refractivity (Wildman–Crippen MR) is 137 cm³/mol. The first-order chi connectivity index (χ1) is 18.3. The molecular weight excluding hydrogens is 494 g/mol. The number of likely N-dealkylation sites (tertiary alicyclic amines) is 1. The quantitative estimate of drug-likeness (QED) is 0.369.